The fraction of sp³-hybridized carbons (Fsp3) is 0.421. The summed E-state index contributed by atoms with van der Waals surface area (Å²) in [5.41, 5.74) is 0.771. The van der Waals surface area contributed by atoms with E-state index in [-0.39, 0.29) is 5.56 Å². The maximum atomic E-state index is 13.0. The average Bonchev–Trinajstić information content (AvgIpc) is 3.33. The number of nitrogens with zero attached hydrogens (tertiary/aromatic N) is 6. The molecule has 1 aromatic carbocycles. The van der Waals surface area contributed by atoms with Gasteiger partial charge in [0.15, 0.2) is 11.0 Å². The molecule has 0 bridgehead atoms. The average molecular weight is 398 g/mol. The minimum Gasteiger partial charge on any atom is -0.338 e. The minimum atomic E-state index is -0.0304. The van der Waals surface area contributed by atoms with Crippen LogP contribution >= 0.6 is 11.8 Å². The first-order valence-corrected chi connectivity index (χ1v) is 10.4. The molecule has 0 aliphatic carbocycles. The summed E-state index contributed by atoms with van der Waals surface area (Å²) >= 11 is 1.47. The van der Waals surface area contributed by atoms with Crippen LogP contribution in [0.2, 0.25) is 0 Å². The van der Waals surface area contributed by atoms with Crippen molar-refractivity contribution in [3.63, 3.8) is 0 Å². The lowest BCUT2D eigenvalue weighted by atomic mass is 10.1. The van der Waals surface area contributed by atoms with Crippen LogP contribution < -0.4 is 5.56 Å². The molecule has 4 aromatic rings. The van der Waals surface area contributed by atoms with Crippen molar-refractivity contribution < 1.29 is 4.52 Å². The number of fused-ring (bicyclic) bond motifs is 3. The Kier molecular flexibility index (Phi) is 5.17. The van der Waals surface area contributed by atoms with Gasteiger partial charge in [0.25, 0.3) is 5.56 Å². The van der Waals surface area contributed by atoms with Crippen LogP contribution in [0.3, 0.4) is 0 Å². The molecule has 0 saturated carbocycles. The highest BCUT2D eigenvalue weighted by molar-refractivity contribution is 7.98. The summed E-state index contributed by atoms with van der Waals surface area (Å²) < 4.78 is 8.93. The molecule has 0 aliphatic rings. The van der Waals surface area contributed by atoms with E-state index >= 15 is 0 Å². The molecule has 3 aromatic heterocycles. The number of hydrogen-bond donors (Lipinski definition) is 0. The van der Waals surface area contributed by atoms with Crippen LogP contribution in [0.1, 0.15) is 38.9 Å². The minimum absolute atomic E-state index is 0.0304. The molecule has 8 nitrogen and oxygen atoms in total. The molecule has 0 atom stereocenters. The molecule has 28 heavy (non-hydrogen) atoms. The molecular weight excluding hydrogens is 376 g/mol. The van der Waals surface area contributed by atoms with E-state index in [9.17, 15) is 4.79 Å². The van der Waals surface area contributed by atoms with E-state index < -0.39 is 0 Å². The number of para-hydroxylation sites is 1. The SMILES string of the molecule is CCc1noc(CSc2nnc3n(CCC(C)C)c(=O)c4ccccc4n23)n1. The Balaban J connectivity index is 1.78. The first-order valence-electron chi connectivity index (χ1n) is 9.39. The quantitative estimate of drug-likeness (QED) is 0.441. The molecular formula is C19H22N6O2S. The number of thioether (sulfide) groups is 1. The van der Waals surface area contributed by atoms with Gasteiger partial charge in [-0.3, -0.25) is 13.8 Å². The lowest BCUT2D eigenvalue weighted by molar-refractivity contribution is 0.385. The van der Waals surface area contributed by atoms with Gasteiger partial charge in [-0.2, -0.15) is 4.98 Å². The van der Waals surface area contributed by atoms with Gasteiger partial charge in [-0.05, 0) is 24.5 Å². The van der Waals surface area contributed by atoms with Crippen molar-refractivity contribution in [3.8, 4) is 0 Å². The molecule has 0 spiro atoms. The Morgan fingerprint density at radius 3 is 2.79 bits per heavy atom. The van der Waals surface area contributed by atoms with Gasteiger partial charge in [-0.1, -0.05) is 49.8 Å². The van der Waals surface area contributed by atoms with Gasteiger partial charge in [0, 0.05) is 13.0 Å². The Morgan fingerprint density at radius 2 is 2.04 bits per heavy atom. The second-order valence-corrected chi connectivity index (χ2v) is 7.96. The number of rotatable bonds is 7. The van der Waals surface area contributed by atoms with Gasteiger partial charge >= 0.3 is 0 Å². The van der Waals surface area contributed by atoms with Crippen LogP contribution in [-0.2, 0) is 18.7 Å². The van der Waals surface area contributed by atoms with E-state index in [0.717, 1.165) is 18.4 Å². The van der Waals surface area contributed by atoms with Crippen molar-refractivity contribution >= 4 is 28.4 Å². The number of hydrogen-bond acceptors (Lipinski definition) is 7. The van der Waals surface area contributed by atoms with Crippen molar-refractivity contribution in [1.29, 1.82) is 0 Å². The van der Waals surface area contributed by atoms with Crippen molar-refractivity contribution in [2.45, 2.75) is 51.1 Å². The van der Waals surface area contributed by atoms with Gasteiger partial charge in [0.05, 0.1) is 16.7 Å². The Hall–Kier alpha value is -2.68. The van der Waals surface area contributed by atoms with Crippen molar-refractivity contribution in [3.05, 3.63) is 46.3 Å². The van der Waals surface area contributed by atoms with E-state index in [4.69, 9.17) is 4.52 Å². The second kappa shape index (κ2) is 7.75. The zero-order valence-electron chi connectivity index (χ0n) is 16.1. The first kappa shape index (κ1) is 18.7. The van der Waals surface area contributed by atoms with Crippen LogP contribution in [-0.4, -0.2) is 29.3 Å². The van der Waals surface area contributed by atoms with Gasteiger partial charge in [-0.15, -0.1) is 10.2 Å². The van der Waals surface area contributed by atoms with Gasteiger partial charge < -0.3 is 4.52 Å². The molecule has 0 fully saturated rings. The molecule has 0 saturated heterocycles. The van der Waals surface area contributed by atoms with Gasteiger partial charge in [0.2, 0.25) is 11.7 Å². The lowest BCUT2D eigenvalue weighted by Gasteiger charge is -2.12. The Morgan fingerprint density at radius 1 is 1.21 bits per heavy atom. The van der Waals surface area contributed by atoms with Crippen LogP contribution in [0.4, 0.5) is 0 Å². The fourth-order valence-corrected chi connectivity index (χ4v) is 3.81. The highest BCUT2D eigenvalue weighted by atomic mass is 32.2. The third-order valence-corrected chi connectivity index (χ3v) is 5.47. The van der Waals surface area contributed by atoms with Crippen LogP contribution in [0.5, 0.6) is 0 Å². The van der Waals surface area contributed by atoms with E-state index in [1.165, 1.54) is 11.8 Å². The van der Waals surface area contributed by atoms with Crippen molar-refractivity contribution in [2.24, 2.45) is 5.92 Å². The van der Waals surface area contributed by atoms with Gasteiger partial charge in [0.1, 0.15) is 0 Å². The van der Waals surface area contributed by atoms with E-state index in [0.29, 0.717) is 46.3 Å². The standard InChI is InChI=1S/C19H22N6O2S/c1-4-15-20-16(27-23-15)11-28-19-22-21-18-24(10-9-12(2)3)17(26)13-7-5-6-8-14(13)25(18)19/h5-8,12H,4,9-11H2,1-3H3. The molecule has 3 heterocycles. The molecule has 9 heteroatoms. The predicted octanol–water partition coefficient (Wildman–Crippen LogP) is 3.33. The fourth-order valence-electron chi connectivity index (χ4n) is 3.03. The second-order valence-electron chi connectivity index (χ2n) is 7.02. The maximum absolute atomic E-state index is 13.0. The molecule has 0 N–H and O–H groups in total. The molecule has 0 aliphatic heterocycles. The van der Waals surface area contributed by atoms with Gasteiger partial charge in [-0.25, -0.2) is 0 Å². The zero-order chi connectivity index (χ0) is 19.7. The number of aryl methyl sites for hydroxylation is 2. The lowest BCUT2D eigenvalue weighted by Crippen LogP contribution is -2.24. The molecule has 0 radical (unpaired) electrons. The zero-order valence-corrected chi connectivity index (χ0v) is 16.9. The van der Waals surface area contributed by atoms with E-state index in [1.54, 1.807) is 4.57 Å². The summed E-state index contributed by atoms with van der Waals surface area (Å²) in [6, 6.07) is 7.57. The normalized spacial score (nSPS) is 11.9. The predicted molar refractivity (Wildman–Crippen MR) is 107 cm³/mol. The van der Waals surface area contributed by atoms with Crippen molar-refractivity contribution in [1.82, 2.24) is 29.3 Å². The highest BCUT2D eigenvalue weighted by Crippen LogP contribution is 2.24. The summed E-state index contributed by atoms with van der Waals surface area (Å²) in [5.74, 6) is 2.78. The largest absolute Gasteiger partial charge is 0.338 e. The first-order chi connectivity index (χ1) is 13.6. The molecule has 4 rings (SSSR count). The van der Waals surface area contributed by atoms with Crippen LogP contribution in [0, 0.1) is 5.92 Å². The summed E-state index contributed by atoms with van der Waals surface area (Å²) in [7, 11) is 0. The number of aromatic nitrogens is 6. The molecule has 146 valence electrons. The Bertz CT molecular complexity index is 1180. The van der Waals surface area contributed by atoms with Crippen LogP contribution in [0.15, 0.2) is 38.7 Å². The maximum Gasteiger partial charge on any atom is 0.262 e. The number of benzene rings is 1. The molecule has 0 unspecified atom stereocenters. The van der Waals surface area contributed by atoms with E-state index in [2.05, 4.69) is 34.2 Å². The smallest absolute Gasteiger partial charge is 0.262 e. The Labute approximate surface area is 166 Å². The third kappa shape index (κ3) is 3.42. The monoisotopic (exact) mass is 398 g/mol. The highest BCUT2D eigenvalue weighted by Gasteiger charge is 2.17. The summed E-state index contributed by atoms with van der Waals surface area (Å²) in [5, 5.41) is 14.0. The van der Waals surface area contributed by atoms with Crippen molar-refractivity contribution in [2.75, 3.05) is 0 Å². The third-order valence-electron chi connectivity index (χ3n) is 4.56. The molecule has 0 amide bonds. The van der Waals surface area contributed by atoms with E-state index in [1.807, 2.05) is 35.6 Å². The van der Waals surface area contributed by atoms with Crippen LogP contribution in [0.25, 0.3) is 16.7 Å². The summed E-state index contributed by atoms with van der Waals surface area (Å²) in [6.07, 6.45) is 1.62. The topological polar surface area (TPSA) is 91.1 Å². The summed E-state index contributed by atoms with van der Waals surface area (Å²) in [6.45, 7) is 6.88. The summed E-state index contributed by atoms with van der Waals surface area (Å²) in [4.78, 5) is 17.4.